The number of nitrogens with zero attached hydrogens (tertiary/aromatic N) is 1. The van der Waals surface area contributed by atoms with E-state index in [1.807, 2.05) is 79.9 Å². The first kappa shape index (κ1) is 13.4. The Morgan fingerprint density at radius 3 is 2.24 bits per heavy atom. The van der Waals surface area contributed by atoms with Gasteiger partial charge in [0.2, 0.25) is 6.10 Å². The van der Waals surface area contributed by atoms with Crippen molar-refractivity contribution < 1.29 is 9.53 Å². The van der Waals surface area contributed by atoms with E-state index in [0.29, 0.717) is 0 Å². The van der Waals surface area contributed by atoms with Crippen molar-refractivity contribution in [2.75, 3.05) is 0 Å². The first-order valence-corrected chi connectivity index (χ1v) is 7.03. The van der Waals surface area contributed by atoms with Gasteiger partial charge in [-0.1, -0.05) is 54.6 Å². The minimum absolute atomic E-state index is 0.00851. The minimum Gasteiger partial charge on any atom is -0.478 e. The molecule has 1 aliphatic heterocycles. The monoisotopic (exact) mass is 279 g/mol. The van der Waals surface area contributed by atoms with Crippen LogP contribution in [0.2, 0.25) is 0 Å². The second kappa shape index (κ2) is 5.83. The average molecular weight is 279 g/mol. The van der Waals surface area contributed by atoms with Crippen molar-refractivity contribution in [3.8, 4) is 5.75 Å². The fraction of sp³-hybridized carbons (Fsp3) is 0.167. The largest absolute Gasteiger partial charge is 0.478 e. The van der Waals surface area contributed by atoms with Crippen LogP contribution >= 0.6 is 0 Å². The van der Waals surface area contributed by atoms with Gasteiger partial charge in [0.25, 0.3) is 5.91 Å². The zero-order valence-electron chi connectivity index (χ0n) is 11.8. The Hall–Kier alpha value is -2.55. The third-order valence-corrected chi connectivity index (χ3v) is 3.54. The van der Waals surface area contributed by atoms with E-state index in [1.54, 1.807) is 4.90 Å². The van der Waals surface area contributed by atoms with Crippen molar-refractivity contribution in [2.45, 2.75) is 19.1 Å². The number of hydrogen-bond donors (Lipinski definition) is 0. The third-order valence-electron chi connectivity index (χ3n) is 3.54. The summed E-state index contributed by atoms with van der Waals surface area (Å²) in [4.78, 5) is 14.0. The van der Waals surface area contributed by atoms with Crippen LogP contribution in [0.1, 0.15) is 18.5 Å². The molecule has 1 fully saturated rings. The number of amides is 1. The van der Waals surface area contributed by atoms with Crippen LogP contribution in [0.4, 0.5) is 0 Å². The van der Waals surface area contributed by atoms with Gasteiger partial charge in [-0.15, -0.1) is 0 Å². The molecule has 0 N–H and O–H groups in total. The average Bonchev–Trinajstić information content (AvgIpc) is 2.55. The number of benzene rings is 2. The van der Waals surface area contributed by atoms with Crippen molar-refractivity contribution in [1.82, 2.24) is 4.90 Å². The summed E-state index contributed by atoms with van der Waals surface area (Å²) >= 11 is 0. The molecule has 1 aliphatic rings. The number of para-hydroxylation sites is 1. The number of allylic oxidation sites excluding steroid dienone is 1. The van der Waals surface area contributed by atoms with Crippen LogP contribution in [-0.2, 0) is 4.79 Å². The van der Waals surface area contributed by atoms with Gasteiger partial charge in [-0.2, -0.15) is 0 Å². The maximum atomic E-state index is 12.3. The maximum Gasteiger partial charge on any atom is 0.270 e. The zero-order chi connectivity index (χ0) is 14.7. The number of hydrogen-bond acceptors (Lipinski definition) is 2. The van der Waals surface area contributed by atoms with Gasteiger partial charge in [-0.25, -0.2) is 0 Å². The smallest absolute Gasteiger partial charge is 0.270 e. The van der Waals surface area contributed by atoms with E-state index in [0.717, 1.165) is 11.3 Å². The molecular weight excluding hydrogens is 262 g/mol. The molecule has 0 spiro atoms. The van der Waals surface area contributed by atoms with Crippen LogP contribution in [-0.4, -0.2) is 16.9 Å². The Labute approximate surface area is 124 Å². The topological polar surface area (TPSA) is 29.5 Å². The molecule has 0 bridgehead atoms. The molecule has 3 nitrogen and oxygen atoms in total. The molecule has 0 saturated carbocycles. The van der Waals surface area contributed by atoms with Crippen molar-refractivity contribution in [1.29, 1.82) is 0 Å². The molecule has 3 heteroatoms. The predicted octanol–water partition coefficient (Wildman–Crippen LogP) is 3.55. The van der Waals surface area contributed by atoms with Crippen molar-refractivity contribution in [2.24, 2.45) is 0 Å². The molecule has 2 aromatic carbocycles. The molecule has 0 aromatic heterocycles. The molecule has 2 atom stereocenters. The summed E-state index contributed by atoms with van der Waals surface area (Å²) < 4.78 is 5.88. The molecule has 3 rings (SSSR count). The highest BCUT2D eigenvalue weighted by atomic mass is 16.5. The molecule has 2 aromatic rings. The summed E-state index contributed by atoms with van der Waals surface area (Å²) in [6, 6.07) is 19.4. The van der Waals surface area contributed by atoms with Gasteiger partial charge in [0.15, 0.2) is 0 Å². The molecule has 1 heterocycles. The number of β-lactam (4-membered cyclic amide) rings is 1. The van der Waals surface area contributed by atoms with Crippen LogP contribution in [0.25, 0.3) is 0 Å². The van der Waals surface area contributed by atoms with Gasteiger partial charge in [-0.3, -0.25) is 4.79 Å². The minimum atomic E-state index is -0.467. The molecule has 106 valence electrons. The fourth-order valence-electron chi connectivity index (χ4n) is 2.56. The fourth-order valence-corrected chi connectivity index (χ4v) is 2.56. The number of ether oxygens (including phenoxy) is 1. The normalized spacial score (nSPS) is 21.4. The van der Waals surface area contributed by atoms with E-state index in [4.69, 9.17) is 4.74 Å². The van der Waals surface area contributed by atoms with Gasteiger partial charge >= 0.3 is 0 Å². The number of rotatable bonds is 4. The van der Waals surface area contributed by atoms with E-state index in [-0.39, 0.29) is 11.9 Å². The standard InChI is InChI=1S/C18H17NO2/c1-2-13-19-16(14-9-5-3-6-10-14)17(18(19)20)21-15-11-7-4-8-12-15/h2-13,16-17H,1H3/b13-2-/t16-,17+/m1/s1. The number of carbonyl (C=O) groups is 1. The quantitative estimate of drug-likeness (QED) is 0.801. The third kappa shape index (κ3) is 2.55. The summed E-state index contributed by atoms with van der Waals surface area (Å²) in [5, 5.41) is 0. The van der Waals surface area contributed by atoms with Crippen molar-refractivity contribution in [3.05, 3.63) is 78.5 Å². The lowest BCUT2D eigenvalue weighted by atomic mass is 9.91. The Morgan fingerprint density at radius 1 is 1.00 bits per heavy atom. The lowest BCUT2D eigenvalue weighted by Gasteiger charge is -2.44. The van der Waals surface area contributed by atoms with E-state index < -0.39 is 6.10 Å². The van der Waals surface area contributed by atoms with Crippen LogP contribution in [0.5, 0.6) is 5.75 Å². The lowest BCUT2D eigenvalue weighted by molar-refractivity contribution is -0.158. The highest BCUT2D eigenvalue weighted by molar-refractivity contribution is 5.90. The Morgan fingerprint density at radius 2 is 1.62 bits per heavy atom. The van der Waals surface area contributed by atoms with Gasteiger partial charge in [-0.05, 0) is 24.6 Å². The summed E-state index contributed by atoms with van der Waals surface area (Å²) in [7, 11) is 0. The molecule has 21 heavy (non-hydrogen) atoms. The number of carbonyl (C=O) groups excluding carboxylic acids is 1. The maximum absolute atomic E-state index is 12.3. The summed E-state index contributed by atoms with van der Waals surface area (Å²) in [6.07, 6.45) is 3.21. The van der Waals surface area contributed by atoms with E-state index in [9.17, 15) is 4.79 Å². The van der Waals surface area contributed by atoms with E-state index in [2.05, 4.69) is 0 Å². The van der Waals surface area contributed by atoms with Crippen LogP contribution < -0.4 is 4.74 Å². The van der Waals surface area contributed by atoms with E-state index in [1.165, 1.54) is 0 Å². The molecule has 0 aliphatic carbocycles. The Balaban J connectivity index is 1.86. The zero-order valence-corrected chi connectivity index (χ0v) is 11.8. The lowest BCUT2D eigenvalue weighted by Crippen LogP contribution is -2.58. The first-order valence-electron chi connectivity index (χ1n) is 7.03. The van der Waals surface area contributed by atoms with Gasteiger partial charge in [0.05, 0.1) is 0 Å². The second-order valence-electron chi connectivity index (χ2n) is 4.93. The second-order valence-corrected chi connectivity index (χ2v) is 4.93. The predicted molar refractivity (Wildman–Crippen MR) is 81.7 cm³/mol. The van der Waals surface area contributed by atoms with Crippen molar-refractivity contribution in [3.63, 3.8) is 0 Å². The van der Waals surface area contributed by atoms with Crippen molar-refractivity contribution >= 4 is 5.91 Å². The summed E-state index contributed by atoms with van der Waals surface area (Å²) in [5.74, 6) is 0.711. The SMILES string of the molecule is C/C=C\N1C(=O)[C@@H](Oc2ccccc2)[C@H]1c1ccccc1. The molecule has 0 unspecified atom stereocenters. The highest BCUT2D eigenvalue weighted by Crippen LogP contribution is 2.37. The number of likely N-dealkylation sites (tertiary alicyclic amines) is 1. The van der Waals surface area contributed by atoms with Gasteiger partial charge in [0, 0.05) is 6.20 Å². The molecular formula is C18H17NO2. The van der Waals surface area contributed by atoms with Gasteiger partial charge in [0.1, 0.15) is 11.8 Å². The summed E-state index contributed by atoms with van der Waals surface area (Å²) in [5.41, 5.74) is 1.08. The van der Waals surface area contributed by atoms with Crippen LogP contribution in [0, 0.1) is 0 Å². The first-order chi connectivity index (χ1) is 10.3. The molecule has 1 amide bonds. The van der Waals surface area contributed by atoms with E-state index >= 15 is 0 Å². The molecule has 1 saturated heterocycles. The summed E-state index contributed by atoms with van der Waals surface area (Å²) in [6.45, 7) is 1.90. The highest BCUT2D eigenvalue weighted by Gasteiger charge is 2.49. The van der Waals surface area contributed by atoms with Crippen LogP contribution in [0.3, 0.4) is 0 Å². The van der Waals surface area contributed by atoms with Gasteiger partial charge < -0.3 is 9.64 Å². The van der Waals surface area contributed by atoms with Crippen LogP contribution in [0.15, 0.2) is 72.9 Å². The Bertz CT molecular complexity index is 637. The molecule has 0 radical (unpaired) electrons. The Kier molecular flexibility index (Phi) is 3.73.